The molecule has 6 nitrogen and oxygen atoms in total. The van der Waals surface area contributed by atoms with Crippen molar-refractivity contribution in [2.45, 2.75) is 36.5 Å². The van der Waals surface area contributed by atoms with E-state index in [-0.39, 0.29) is 16.6 Å². The first-order valence-electron chi connectivity index (χ1n) is 9.84. The van der Waals surface area contributed by atoms with E-state index in [9.17, 15) is 26.4 Å². The number of hydrogen-bond acceptors (Lipinski definition) is 5. The van der Waals surface area contributed by atoms with Crippen LogP contribution in [0.3, 0.4) is 0 Å². The number of rotatable bonds is 5. The minimum absolute atomic E-state index is 0.00180. The maximum absolute atomic E-state index is 13.0. The Morgan fingerprint density at radius 2 is 1.81 bits per heavy atom. The summed E-state index contributed by atoms with van der Waals surface area (Å²) in [5.74, 6) is 0. The third-order valence-electron chi connectivity index (χ3n) is 5.42. The Labute approximate surface area is 182 Å². The molecule has 32 heavy (non-hydrogen) atoms. The predicted molar refractivity (Wildman–Crippen MR) is 114 cm³/mol. The van der Waals surface area contributed by atoms with Gasteiger partial charge in [-0.1, -0.05) is 36.4 Å². The van der Waals surface area contributed by atoms with Crippen molar-refractivity contribution in [1.82, 2.24) is 9.78 Å². The molecule has 2 aromatic carbocycles. The Bertz CT molecular complexity index is 1320. The van der Waals surface area contributed by atoms with Crippen molar-refractivity contribution in [2.24, 2.45) is 0 Å². The number of halogens is 3. The minimum Gasteiger partial charge on any atom is -0.373 e. The lowest BCUT2D eigenvalue weighted by Gasteiger charge is -2.19. The van der Waals surface area contributed by atoms with E-state index in [1.54, 1.807) is 0 Å². The van der Waals surface area contributed by atoms with E-state index in [2.05, 4.69) is 10.4 Å². The zero-order chi connectivity index (χ0) is 23.1. The molecule has 0 fully saturated rings. The van der Waals surface area contributed by atoms with E-state index in [1.807, 2.05) is 24.3 Å². The third kappa shape index (κ3) is 4.55. The normalized spacial score (nSPS) is 16.1. The van der Waals surface area contributed by atoms with Crippen molar-refractivity contribution >= 4 is 15.5 Å². The molecule has 1 N–H and O–H groups in total. The lowest BCUT2D eigenvalue weighted by atomic mass is 10.0. The second kappa shape index (κ2) is 8.09. The molecule has 1 heterocycles. The zero-order valence-corrected chi connectivity index (χ0v) is 17.9. The van der Waals surface area contributed by atoms with Crippen molar-refractivity contribution < 1.29 is 21.6 Å². The van der Waals surface area contributed by atoms with E-state index in [0.717, 1.165) is 23.8 Å². The Morgan fingerprint density at radius 1 is 1.12 bits per heavy atom. The van der Waals surface area contributed by atoms with Gasteiger partial charge in [0.1, 0.15) is 12.2 Å². The van der Waals surface area contributed by atoms with Crippen LogP contribution in [0.5, 0.6) is 0 Å². The molecular weight excluding hydrogens is 443 g/mol. The number of nitrogens with one attached hydrogen (secondary N) is 1. The topological polar surface area (TPSA) is 81.1 Å². The average molecular weight is 463 g/mol. The van der Waals surface area contributed by atoms with E-state index < -0.39 is 28.1 Å². The van der Waals surface area contributed by atoms with Gasteiger partial charge >= 0.3 is 6.18 Å². The van der Waals surface area contributed by atoms with Crippen LogP contribution in [-0.4, -0.2) is 30.6 Å². The lowest BCUT2D eigenvalue weighted by Crippen LogP contribution is -2.32. The van der Waals surface area contributed by atoms with Gasteiger partial charge in [-0.05, 0) is 41.7 Å². The highest BCUT2D eigenvalue weighted by Gasteiger charge is 2.31. The van der Waals surface area contributed by atoms with Gasteiger partial charge in [-0.2, -0.15) is 18.3 Å². The molecule has 0 radical (unpaired) electrons. The first-order valence-corrected chi connectivity index (χ1v) is 11.7. The average Bonchev–Trinajstić information content (AvgIpc) is 3.13. The van der Waals surface area contributed by atoms with Crippen LogP contribution in [0, 0.1) is 0 Å². The SMILES string of the molecule is CS(=O)(=O)c1ccc(-c2cnn(CC(F)(F)F)c(=O)c2NC2CCc3ccccc32)cc1. The first kappa shape index (κ1) is 22.1. The molecule has 168 valence electrons. The highest BCUT2D eigenvalue weighted by molar-refractivity contribution is 7.90. The number of fused-ring (bicyclic) bond motifs is 1. The smallest absolute Gasteiger partial charge is 0.373 e. The number of aryl methyl sites for hydroxylation is 1. The van der Waals surface area contributed by atoms with Crippen molar-refractivity contribution in [1.29, 1.82) is 0 Å². The Hall–Kier alpha value is -3.14. The summed E-state index contributed by atoms with van der Waals surface area (Å²) >= 11 is 0. The molecule has 0 saturated carbocycles. The van der Waals surface area contributed by atoms with E-state index in [4.69, 9.17) is 0 Å². The maximum atomic E-state index is 13.0. The van der Waals surface area contributed by atoms with Gasteiger partial charge in [0, 0.05) is 11.8 Å². The lowest BCUT2D eigenvalue weighted by molar-refractivity contribution is -0.143. The van der Waals surface area contributed by atoms with E-state index >= 15 is 0 Å². The van der Waals surface area contributed by atoms with Gasteiger partial charge in [0.05, 0.1) is 17.1 Å². The molecular formula is C22H20F3N3O3S. The summed E-state index contributed by atoms with van der Waals surface area (Å²) in [6.07, 6.45) is -0.855. The van der Waals surface area contributed by atoms with Crippen LogP contribution < -0.4 is 10.9 Å². The summed E-state index contributed by atoms with van der Waals surface area (Å²) in [4.78, 5) is 13.1. The fraction of sp³-hybridized carbons (Fsp3) is 0.273. The molecule has 0 amide bonds. The van der Waals surface area contributed by atoms with E-state index in [0.29, 0.717) is 22.2 Å². The highest BCUT2D eigenvalue weighted by atomic mass is 32.2. The van der Waals surface area contributed by atoms with Crippen molar-refractivity contribution in [3.63, 3.8) is 0 Å². The summed E-state index contributed by atoms with van der Waals surface area (Å²) in [7, 11) is -3.42. The summed E-state index contributed by atoms with van der Waals surface area (Å²) in [6, 6.07) is 13.3. The van der Waals surface area contributed by atoms with Gasteiger partial charge in [-0.15, -0.1) is 0 Å². The monoisotopic (exact) mass is 463 g/mol. The van der Waals surface area contributed by atoms with Gasteiger partial charge in [0.25, 0.3) is 5.56 Å². The third-order valence-corrected chi connectivity index (χ3v) is 6.55. The highest BCUT2D eigenvalue weighted by Crippen LogP contribution is 2.35. The Balaban J connectivity index is 1.80. The summed E-state index contributed by atoms with van der Waals surface area (Å²) in [6.45, 7) is -1.50. The molecule has 3 aromatic rings. The molecule has 0 aliphatic heterocycles. The van der Waals surface area contributed by atoms with Gasteiger partial charge in [-0.25, -0.2) is 13.1 Å². The zero-order valence-electron chi connectivity index (χ0n) is 17.1. The van der Waals surface area contributed by atoms with Gasteiger partial charge in [0.2, 0.25) is 0 Å². The summed E-state index contributed by atoms with van der Waals surface area (Å²) < 4.78 is 62.7. The number of nitrogens with zero attached hydrogens (tertiary/aromatic N) is 2. The fourth-order valence-corrected chi connectivity index (χ4v) is 4.52. The number of aromatic nitrogens is 2. The Morgan fingerprint density at radius 3 is 2.47 bits per heavy atom. The molecule has 10 heteroatoms. The van der Waals surface area contributed by atoms with Crippen molar-refractivity contribution in [3.8, 4) is 11.1 Å². The van der Waals surface area contributed by atoms with Gasteiger partial charge in [-0.3, -0.25) is 4.79 Å². The van der Waals surface area contributed by atoms with Gasteiger partial charge in [0.15, 0.2) is 9.84 Å². The van der Waals surface area contributed by atoms with Crippen LogP contribution in [0.15, 0.2) is 64.4 Å². The number of hydrogen-bond donors (Lipinski definition) is 1. The van der Waals surface area contributed by atoms with Gasteiger partial charge < -0.3 is 5.32 Å². The molecule has 0 bridgehead atoms. The molecule has 1 unspecified atom stereocenters. The fourth-order valence-electron chi connectivity index (χ4n) is 3.89. The molecule has 1 aliphatic rings. The predicted octanol–water partition coefficient (Wildman–Crippen LogP) is 3.98. The number of benzene rings is 2. The summed E-state index contributed by atoms with van der Waals surface area (Å²) in [5.41, 5.74) is 1.99. The first-order chi connectivity index (χ1) is 15.0. The van der Waals surface area contributed by atoms with Crippen LogP contribution in [-0.2, 0) is 22.8 Å². The second-order valence-electron chi connectivity index (χ2n) is 7.74. The number of anilines is 1. The molecule has 4 rings (SSSR count). The molecule has 1 aliphatic carbocycles. The maximum Gasteiger partial charge on any atom is 0.408 e. The van der Waals surface area contributed by atoms with Crippen LogP contribution >= 0.6 is 0 Å². The van der Waals surface area contributed by atoms with Crippen LogP contribution in [0.1, 0.15) is 23.6 Å². The van der Waals surface area contributed by atoms with Crippen LogP contribution in [0.2, 0.25) is 0 Å². The van der Waals surface area contributed by atoms with Crippen LogP contribution in [0.25, 0.3) is 11.1 Å². The molecule has 0 saturated heterocycles. The van der Waals surface area contributed by atoms with Crippen molar-refractivity contribution in [3.05, 3.63) is 76.2 Å². The Kier molecular flexibility index (Phi) is 5.58. The van der Waals surface area contributed by atoms with Crippen molar-refractivity contribution in [2.75, 3.05) is 11.6 Å². The molecule has 0 spiro atoms. The number of sulfone groups is 1. The minimum atomic E-state index is -4.60. The largest absolute Gasteiger partial charge is 0.408 e. The number of alkyl halides is 3. The quantitative estimate of drug-likeness (QED) is 0.619. The van der Waals surface area contributed by atoms with E-state index in [1.165, 1.54) is 30.5 Å². The summed E-state index contributed by atoms with van der Waals surface area (Å²) in [5, 5.41) is 6.86. The standard InChI is InChI=1S/C22H20F3N3O3S/c1-32(30,31)16-9-6-15(7-10-16)18-12-26-28(13-22(23,24)25)21(29)20(18)27-19-11-8-14-4-2-3-5-17(14)19/h2-7,9-10,12,19,27H,8,11,13H2,1H3. The van der Waals surface area contributed by atoms with Crippen LogP contribution in [0.4, 0.5) is 18.9 Å². The second-order valence-corrected chi connectivity index (χ2v) is 9.76. The molecule has 1 atom stereocenters. The molecule has 1 aromatic heterocycles.